The minimum Gasteiger partial charge on any atom is -0.478 e. The van der Waals surface area contributed by atoms with Gasteiger partial charge in [-0.15, -0.1) is 0 Å². The average molecular weight is 214 g/mol. The van der Waals surface area contributed by atoms with Gasteiger partial charge in [0.15, 0.2) is 0 Å². The number of rotatable bonds is 5. The van der Waals surface area contributed by atoms with Crippen molar-refractivity contribution in [1.82, 2.24) is 0 Å². The van der Waals surface area contributed by atoms with Crippen molar-refractivity contribution < 1.29 is 19.4 Å². The van der Waals surface area contributed by atoms with Gasteiger partial charge in [0, 0.05) is 13.2 Å². The molecule has 15 heavy (non-hydrogen) atoms. The molecular formula is C11H18O4. The van der Waals surface area contributed by atoms with Crippen LogP contribution in [0, 0.1) is 0 Å². The third kappa shape index (κ3) is 4.95. The largest absolute Gasteiger partial charge is 0.478 e. The smallest absolute Gasteiger partial charge is 0.328 e. The summed E-state index contributed by atoms with van der Waals surface area (Å²) in [7, 11) is 1.72. The second-order valence-corrected chi connectivity index (χ2v) is 3.72. The maximum atomic E-state index is 10.2. The predicted molar refractivity (Wildman–Crippen MR) is 55.8 cm³/mol. The Labute approximate surface area is 89.9 Å². The molecule has 86 valence electrons. The molecule has 0 aromatic rings. The maximum absolute atomic E-state index is 10.2. The Bertz CT molecular complexity index is 225. The van der Waals surface area contributed by atoms with Gasteiger partial charge in [0.05, 0.1) is 18.8 Å². The van der Waals surface area contributed by atoms with Crippen molar-refractivity contribution in [2.24, 2.45) is 0 Å². The van der Waals surface area contributed by atoms with Crippen LogP contribution in [0.1, 0.15) is 25.7 Å². The van der Waals surface area contributed by atoms with Gasteiger partial charge in [-0.2, -0.15) is 0 Å². The molecule has 0 bridgehead atoms. The highest BCUT2D eigenvalue weighted by molar-refractivity contribution is 5.79. The SMILES string of the molecule is COC1CCCC(OCC=CC(=O)O)C1. The van der Waals surface area contributed by atoms with E-state index in [4.69, 9.17) is 14.6 Å². The lowest BCUT2D eigenvalue weighted by atomic mass is 9.95. The first kappa shape index (κ1) is 12.2. The molecule has 1 N–H and O–H groups in total. The molecule has 1 saturated carbocycles. The van der Waals surface area contributed by atoms with E-state index in [1.165, 1.54) is 6.08 Å². The van der Waals surface area contributed by atoms with Crippen LogP contribution in [0.4, 0.5) is 0 Å². The van der Waals surface area contributed by atoms with Gasteiger partial charge in [-0.1, -0.05) is 6.08 Å². The number of hydrogen-bond acceptors (Lipinski definition) is 3. The maximum Gasteiger partial charge on any atom is 0.328 e. The first-order chi connectivity index (χ1) is 7.22. The van der Waals surface area contributed by atoms with E-state index in [1.807, 2.05) is 0 Å². The highest BCUT2D eigenvalue weighted by Gasteiger charge is 2.21. The lowest BCUT2D eigenvalue weighted by Gasteiger charge is -2.27. The van der Waals surface area contributed by atoms with E-state index in [-0.39, 0.29) is 6.10 Å². The molecular weight excluding hydrogens is 196 g/mol. The molecule has 0 aliphatic heterocycles. The number of methoxy groups -OCH3 is 1. The Hall–Kier alpha value is -0.870. The fourth-order valence-corrected chi connectivity index (χ4v) is 1.81. The van der Waals surface area contributed by atoms with E-state index in [9.17, 15) is 4.79 Å². The van der Waals surface area contributed by atoms with Crippen LogP contribution in [0.25, 0.3) is 0 Å². The molecule has 1 aliphatic rings. The molecule has 0 amide bonds. The third-order valence-electron chi connectivity index (χ3n) is 2.60. The van der Waals surface area contributed by atoms with Crippen molar-refractivity contribution in [2.45, 2.75) is 37.9 Å². The third-order valence-corrected chi connectivity index (χ3v) is 2.60. The molecule has 0 heterocycles. The normalized spacial score (nSPS) is 27.0. The molecule has 4 heteroatoms. The Balaban J connectivity index is 2.18. The van der Waals surface area contributed by atoms with E-state index >= 15 is 0 Å². The van der Waals surface area contributed by atoms with E-state index in [0.717, 1.165) is 31.8 Å². The summed E-state index contributed by atoms with van der Waals surface area (Å²) in [5.41, 5.74) is 0. The zero-order valence-corrected chi connectivity index (χ0v) is 9.02. The summed E-state index contributed by atoms with van der Waals surface area (Å²) >= 11 is 0. The van der Waals surface area contributed by atoms with Crippen molar-refractivity contribution in [3.63, 3.8) is 0 Å². The predicted octanol–water partition coefficient (Wildman–Crippen LogP) is 1.60. The van der Waals surface area contributed by atoms with Crippen LogP contribution in [0.2, 0.25) is 0 Å². The van der Waals surface area contributed by atoms with Crippen molar-refractivity contribution >= 4 is 5.97 Å². The first-order valence-electron chi connectivity index (χ1n) is 5.26. The highest BCUT2D eigenvalue weighted by atomic mass is 16.5. The van der Waals surface area contributed by atoms with E-state index in [0.29, 0.717) is 12.7 Å². The van der Waals surface area contributed by atoms with Crippen LogP contribution in [-0.2, 0) is 14.3 Å². The molecule has 1 fully saturated rings. The van der Waals surface area contributed by atoms with Crippen LogP contribution in [0.15, 0.2) is 12.2 Å². The Morgan fingerprint density at radius 2 is 2.20 bits per heavy atom. The lowest BCUT2D eigenvalue weighted by Crippen LogP contribution is -2.27. The quantitative estimate of drug-likeness (QED) is 0.706. The summed E-state index contributed by atoms with van der Waals surface area (Å²) in [6.45, 7) is 0.368. The standard InChI is InChI=1S/C11H18O4/c1-14-9-4-2-5-10(8-9)15-7-3-6-11(12)13/h3,6,9-10H,2,4-5,7-8H2,1H3,(H,12,13). The van der Waals surface area contributed by atoms with Gasteiger partial charge < -0.3 is 14.6 Å². The second-order valence-electron chi connectivity index (χ2n) is 3.72. The summed E-state index contributed by atoms with van der Waals surface area (Å²) in [5, 5.41) is 8.37. The summed E-state index contributed by atoms with van der Waals surface area (Å²) < 4.78 is 10.8. The fourth-order valence-electron chi connectivity index (χ4n) is 1.81. The van der Waals surface area contributed by atoms with Crippen molar-refractivity contribution in [3.05, 3.63) is 12.2 Å². The molecule has 2 atom stereocenters. The second kappa shape index (κ2) is 6.58. The first-order valence-corrected chi connectivity index (χ1v) is 5.26. The summed E-state index contributed by atoms with van der Waals surface area (Å²) in [5.74, 6) is -0.933. The number of aliphatic carboxylic acids is 1. The summed E-state index contributed by atoms with van der Waals surface area (Å²) in [6, 6.07) is 0. The zero-order valence-electron chi connectivity index (χ0n) is 9.02. The molecule has 0 saturated heterocycles. The topological polar surface area (TPSA) is 55.8 Å². The van der Waals surface area contributed by atoms with Crippen LogP contribution < -0.4 is 0 Å². The van der Waals surface area contributed by atoms with E-state index < -0.39 is 5.97 Å². The minimum absolute atomic E-state index is 0.210. The zero-order chi connectivity index (χ0) is 11.1. The Morgan fingerprint density at radius 1 is 1.47 bits per heavy atom. The summed E-state index contributed by atoms with van der Waals surface area (Å²) in [6.07, 6.45) is 7.31. The Morgan fingerprint density at radius 3 is 2.87 bits per heavy atom. The van der Waals surface area contributed by atoms with Crippen molar-refractivity contribution in [2.75, 3.05) is 13.7 Å². The number of ether oxygens (including phenoxy) is 2. The van der Waals surface area contributed by atoms with Gasteiger partial charge in [0.1, 0.15) is 0 Å². The van der Waals surface area contributed by atoms with Crippen LogP contribution in [0.5, 0.6) is 0 Å². The molecule has 0 spiro atoms. The van der Waals surface area contributed by atoms with Gasteiger partial charge in [0.2, 0.25) is 0 Å². The highest BCUT2D eigenvalue weighted by Crippen LogP contribution is 2.22. The van der Waals surface area contributed by atoms with Gasteiger partial charge >= 0.3 is 5.97 Å². The van der Waals surface area contributed by atoms with E-state index in [1.54, 1.807) is 7.11 Å². The fraction of sp³-hybridized carbons (Fsp3) is 0.727. The molecule has 0 radical (unpaired) electrons. The number of hydrogen-bond donors (Lipinski definition) is 1. The van der Waals surface area contributed by atoms with Crippen molar-refractivity contribution in [3.8, 4) is 0 Å². The van der Waals surface area contributed by atoms with Gasteiger partial charge in [-0.25, -0.2) is 4.79 Å². The van der Waals surface area contributed by atoms with Gasteiger partial charge in [0.25, 0.3) is 0 Å². The van der Waals surface area contributed by atoms with Crippen LogP contribution in [0.3, 0.4) is 0 Å². The average Bonchev–Trinajstić information content (AvgIpc) is 2.24. The number of carboxylic acids is 1. The molecule has 1 rings (SSSR count). The molecule has 1 aliphatic carbocycles. The number of carbonyl (C=O) groups is 1. The minimum atomic E-state index is -0.933. The Kier molecular flexibility index (Phi) is 5.36. The lowest BCUT2D eigenvalue weighted by molar-refractivity contribution is -0.131. The van der Waals surface area contributed by atoms with E-state index in [2.05, 4.69) is 0 Å². The van der Waals surface area contributed by atoms with Gasteiger partial charge in [-0.3, -0.25) is 0 Å². The molecule has 0 aromatic carbocycles. The number of carboxylic acid groups (broad SMARTS) is 1. The molecule has 2 unspecified atom stereocenters. The molecule has 0 aromatic heterocycles. The summed E-state index contributed by atoms with van der Waals surface area (Å²) in [4.78, 5) is 10.2. The van der Waals surface area contributed by atoms with Crippen molar-refractivity contribution in [1.29, 1.82) is 0 Å². The van der Waals surface area contributed by atoms with Gasteiger partial charge in [-0.05, 0) is 25.7 Å². The van der Waals surface area contributed by atoms with Crippen LogP contribution in [-0.4, -0.2) is 37.0 Å². The molecule has 4 nitrogen and oxygen atoms in total. The monoisotopic (exact) mass is 214 g/mol. The van der Waals surface area contributed by atoms with Crippen LogP contribution >= 0.6 is 0 Å².